The van der Waals surface area contributed by atoms with Crippen LogP contribution in [0.2, 0.25) is 0 Å². The van der Waals surface area contributed by atoms with Gasteiger partial charge in [0.05, 0.1) is 0 Å². The minimum atomic E-state index is -0.186. The number of nitrogens with two attached hydrogens (primary N) is 1. The van der Waals surface area contributed by atoms with Crippen LogP contribution in [-0.4, -0.2) is 0 Å². The van der Waals surface area contributed by atoms with Crippen molar-refractivity contribution in [3.05, 3.63) is 35.1 Å². The molecule has 15 heavy (non-hydrogen) atoms. The van der Waals surface area contributed by atoms with E-state index in [1.807, 2.05) is 13.0 Å². The van der Waals surface area contributed by atoms with E-state index in [1.54, 1.807) is 6.07 Å². The molecule has 2 atom stereocenters. The van der Waals surface area contributed by atoms with Crippen LogP contribution >= 0.6 is 0 Å². The summed E-state index contributed by atoms with van der Waals surface area (Å²) in [5.74, 6) is 1.03. The summed E-state index contributed by atoms with van der Waals surface area (Å²) in [5, 5.41) is 0. The molecular formula is C13H18FN. The first-order chi connectivity index (χ1) is 7.09. The fourth-order valence-corrected chi connectivity index (χ4v) is 2.17. The molecule has 1 aliphatic rings. The second-order valence-corrected chi connectivity index (χ2v) is 4.72. The van der Waals surface area contributed by atoms with E-state index in [9.17, 15) is 4.39 Å². The van der Waals surface area contributed by atoms with Gasteiger partial charge in [0.15, 0.2) is 0 Å². The van der Waals surface area contributed by atoms with Gasteiger partial charge in [-0.1, -0.05) is 13.0 Å². The van der Waals surface area contributed by atoms with Crippen molar-refractivity contribution >= 4 is 0 Å². The molecule has 0 bridgehead atoms. The lowest BCUT2D eigenvalue weighted by Gasteiger charge is -2.21. The van der Waals surface area contributed by atoms with E-state index in [1.165, 1.54) is 18.9 Å². The van der Waals surface area contributed by atoms with Crippen LogP contribution in [0.15, 0.2) is 18.2 Å². The zero-order valence-corrected chi connectivity index (χ0v) is 9.33. The SMILES string of the molecule is Cc1ccc(F)cc1C(N)C(C)C1CC1. The average molecular weight is 207 g/mol. The van der Waals surface area contributed by atoms with E-state index < -0.39 is 0 Å². The van der Waals surface area contributed by atoms with Gasteiger partial charge in [0, 0.05) is 6.04 Å². The van der Waals surface area contributed by atoms with E-state index in [0.717, 1.165) is 17.0 Å². The lowest BCUT2D eigenvalue weighted by atomic mass is 9.89. The summed E-state index contributed by atoms with van der Waals surface area (Å²) in [6.45, 7) is 4.17. The number of hydrogen-bond acceptors (Lipinski definition) is 1. The van der Waals surface area contributed by atoms with Crippen molar-refractivity contribution in [1.82, 2.24) is 0 Å². The smallest absolute Gasteiger partial charge is 0.123 e. The molecule has 2 rings (SSSR count). The number of benzene rings is 1. The molecule has 0 amide bonds. The Morgan fingerprint density at radius 1 is 1.40 bits per heavy atom. The highest BCUT2D eigenvalue weighted by atomic mass is 19.1. The predicted octanol–water partition coefficient (Wildman–Crippen LogP) is 3.18. The van der Waals surface area contributed by atoms with Gasteiger partial charge < -0.3 is 5.73 Å². The summed E-state index contributed by atoms with van der Waals surface area (Å²) in [4.78, 5) is 0. The molecule has 2 heteroatoms. The summed E-state index contributed by atoms with van der Waals surface area (Å²) in [7, 11) is 0. The largest absolute Gasteiger partial charge is 0.324 e. The van der Waals surface area contributed by atoms with Crippen LogP contribution in [0, 0.1) is 24.6 Å². The number of halogens is 1. The first-order valence-corrected chi connectivity index (χ1v) is 5.61. The van der Waals surface area contributed by atoms with E-state index in [-0.39, 0.29) is 11.9 Å². The Labute approximate surface area is 90.5 Å². The van der Waals surface area contributed by atoms with Crippen molar-refractivity contribution in [1.29, 1.82) is 0 Å². The Bertz CT molecular complexity index is 358. The third-order valence-electron chi connectivity index (χ3n) is 3.53. The quantitative estimate of drug-likeness (QED) is 0.809. The van der Waals surface area contributed by atoms with E-state index in [0.29, 0.717) is 5.92 Å². The molecule has 1 aromatic carbocycles. The lowest BCUT2D eigenvalue weighted by Crippen LogP contribution is -2.21. The van der Waals surface area contributed by atoms with E-state index in [2.05, 4.69) is 6.92 Å². The van der Waals surface area contributed by atoms with Crippen LogP contribution in [0.3, 0.4) is 0 Å². The topological polar surface area (TPSA) is 26.0 Å². The third kappa shape index (κ3) is 2.20. The van der Waals surface area contributed by atoms with Gasteiger partial charge in [-0.25, -0.2) is 4.39 Å². The molecule has 0 heterocycles. The van der Waals surface area contributed by atoms with Crippen molar-refractivity contribution in [2.45, 2.75) is 32.7 Å². The Balaban J connectivity index is 2.23. The molecule has 0 saturated heterocycles. The maximum Gasteiger partial charge on any atom is 0.123 e. The summed E-state index contributed by atoms with van der Waals surface area (Å²) in [6.07, 6.45) is 2.56. The van der Waals surface area contributed by atoms with Crippen molar-refractivity contribution < 1.29 is 4.39 Å². The minimum absolute atomic E-state index is 0.0202. The van der Waals surface area contributed by atoms with Gasteiger partial charge in [-0.05, 0) is 54.9 Å². The Morgan fingerprint density at radius 2 is 2.07 bits per heavy atom. The fourth-order valence-electron chi connectivity index (χ4n) is 2.17. The molecule has 0 radical (unpaired) electrons. The maximum atomic E-state index is 13.1. The zero-order valence-electron chi connectivity index (χ0n) is 9.33. The summed E-state index contributed by atoms with van der Waals surface area (Å²) in [5.41, 5.74) is 8.24. The zero-order chi connectivity index (χ0) is 11.0. The van der Waals surface area contributed by atoms with Gasteiger partial charge >= 0.3 is 0 Å². The van der Waals surface area contributed by atoms with E-state index in [4.69, 9.17) is 5.73 Å². The molecule has 2 N–H and O–H groups in total. The Morgan fingerprint density at radius 3 is 2.67 bits per heavy atom. The fraction of sp³-hybridized carbons (Fsp3) is 0.538. The van der Waals surface area contributed by atoms with Crippen molar-refractivity contribution in [2.75, 3.05) is 0 Å². The summed E-state index contributed by atoms with van der Waals surface area (Å²) in [6, 6.07) is 4.87. The predicted molar refractivity (Wildman–Crippen MR) is 60.0 cm³/mol. The average Bonchev–Trinajstić information content (AvgIpc) is 3.03. The van der Waals surface area contributed by atoms with Crippen molar-refractivity contribution in [3.8, 4) is 0 Å². The third-order valence-corrected chi connectivity index (χ3v) is 3.53. The summed E-state index contributed by atoms with van der Waals surface area (Å²) >= 11 is 0. The molecule has 1 aliphatic carbocycles. The molecular weight excluding hydrogens is 189 g/mol. The van der Waals surface area contributed by atoms with Gasteiger partial charge in [0.25, 0.3) is 0 Å². The maximum absolute atomic E-state index is 13.1. The monoisotopic (exact) mass is 207 g/mol. The summed E-state index contributed by atoms with van der Waals surface area (Å²) < 4.78 is 13.1. The lowest BCUT2D eigenvalue weighted by molar-refractivity contribution is 0.414. The minimum Gasteiger partial charge on any atom is -0.324 e. The molecule has 0 aliphatic heterocycles. The standard InChI is InChI=1S/C13H18FN/c1-8-3-6-11(14)7-12(8)13(15)9(2)10-4-5-10/h3,6-7,9-10,13H,4-5,15H2,1-2H3. The Hall–Kier alpha value is -0.890. The molecule has 2 unspecified atom stereocenters. The first-order valence-electron chi connectivity index (χ1n) is 5.61. The van der Waals surface area contributed by atoms with Gasteiger partial charge in [0.2, 0.25) is 0 Å². The molecule has 0 spiro atoms. The molecule has 1 aromatic rings. The molecule has 1 nitrogen and oxygen atoms in total. The second-order valence-electron chi connectivity index (χ2n) is 4.72. The number of hydrogen-bond donors (Lipinski definition) is 1. The highest BCUT2D eigenvalue weighted by Crippen LogP contribution is 2.42. The van der Waals surface area contributed by atoms with Crippen LogP contribution in [-0.2, 0) is 0 Å². The van der Waals surface area contributed by atoms with Crippen LogP contribution in [0.4, 0.5) is 4.39 Å². The molecule has 82 valence electrons. The molecule has 1 saturated carbocycles. The first kappa shape index (κ1) is 10.6. The molecule has 0 aromatic heterocycles. The number of aryl methyl sites for hydroxylation is 1. The molecule has 1 fully saturated rings. The van der Waals surface area contributed by atoms with Crippen LogP contribution in [0.1, 0.15) is 36.9 Å². The normalized spacial score (nSPS) is 20.0. The van der Waals surface area contributed by atoms with Gasteiger partial charge in [-0.3, -0.25) is 0 Å². The van der Waals surface area contributed by atoms with E-state index >= 15 is 0 Å². The highest BCUT2D eigenvalue weighted by Gasteiger charge is 2.32. The van der Waals surface area contributed by atoms with Crippen molar-refractivity contribution in [2.24, 2.45) is 17.6 Å². The number of rotatable bonds is 3. The van der Waals surface area contributed by atoms with Crippen molar-refractivity contribution in [3.63, 3.8) is 0 Å². The van der Waals surface area contributed by atoms with Gasteiger partial charge in [0.1, 0.15) is 5.82 Å². The van der Waals surface area contributed by atoms with Crippen LogP contribution in [0.5, 0.6) is 0 Å². The Kier molecular flexibility index (Phi) is 2.79. The van der Waals surface area contributed by atoms with Gasteiger partial charge in [-0.15, -0.1) is 0 Å². The highest BCUT2D eigenvalue weighted by molar-refractivity contribution is 5.30. The van der Waals surface area contributed by atoms with Crippen LogP contribution < -0.4 is 5.73 Å². The van der Waals surface area contributed by atoms with Gasteiger partial charge in [-0.2, -0.15) is 0 Å². The second kappa shape index (κ2) is 3.93. The van der Waals surface area contributed by atoms with Crippen LogP contribution in [0.25, 0.3) is 0 Å².